The molecule has 13 heavy (non-hydrogen) atoms. The Labute approximate surface area is 87.9 Å². The minimum absolute atomic E-state index is 0.110. The van der Waals surface area contributed by atoms with Crippen molar-refractivity contribution in [3.63, 3.8) is 0 Å². The predicted octanol–water partition coefficient (Wildman–Crippen LogP) is 3.53. The molecule has 0 aliphatic carbocycles. The highest BCUT2D eigenvalue weighted by atomic mass is 79.9. The SMILES string of the molecule is CC(C)(C)[C@@H](O)c1cccc(Br)c1. The van der Waals surface area contributed by atoms with Gasteiger partial charge in [-0.25, -0.2) is 0 Å². The number of benzene rings is 1. The van der Waals surface area contributed by atoms with Gasteiger partial charge in [-0.1, -0.05) is 48.8 Å². The van der Waals surface area contributed by atoms with Crippen LogP contribution in [0.4, 0.5) is 0 Å². The fraction of sp³-hybridized carbons (Fsp3) is 0.455. The van der Waals surface area contributed by atoms with Crippen LogP contribution in [0.5, 0.6) is 0 Å². The highest BCUT2D eigenvalue weighted by Gasteiger charge is 2.23. The second kappa shape index (κ2) is 3.81. The molecule has 0 saturated heterocycles. The van der Waals surface area contributed by atoms with Gasteiger partial charge in [0.05, 0.1) is 6.10 Å². The third-order valence-electron chi connectivity index (χ3n) is 1.98. The molecular weight excluding hydrogens is 228 g/mol. The third-order valence-corrected chi connectivity index (χ3v) is 2.48. The van der Waals surface area contributed by atoms with E-state index >= 15 is 0 Å². The summed E-state index contributed by atoms with van der Waals surface area (Å²) in [6, 6.07) is 7.80. The lowest BCUT2D eigenvalue weighted by Crippen LogP contribution is -2.17. The molecule has 0 bridgehead atoms. The molecule has 72 valence electrons. The van der Waals surface area contributed by atoms with E-state index in [1.165, 1.54) is 0 Å². The second-order valence-electron chi connectivity index (χ2n) is 4.32. The molecule has 0 spiro atoms. The first kappa shape index (κ1) is 10.7. The molecule has 0 fully saturated rings. The van der Waals surface area contributed by atoms with Gasteiger partial charge in [0.25, 0.3) is 0 Å². The van der Waals surface area contributed by atoms with Gasteiger partial charge in [-0.05, 0) is 23.1 Å². The van der Waals surface area contributed by atoms with Gasteiger partial charge in [-0.3, -0.25) is 0 Å². The summed E-state index contributed by atoms with van der Waals surface area (Å²) in [5, 5.41) is 9.96. The predicted molar refractivity (Wildman–Crippen MR) is 58.6 cm³/mol. The van der Waals surface area contributed by atoms with Crippen molar-refractivity contribution in [1.29, 1.82) is 0 Å². The van der Waals surface area contributed by atoms with Crippen LogP contribution in [-0.4, -0.2) is 5.11 Å². The molecule has 1 nitrogen and oxygen atoms in total. The summed E-state index contributed by atoms with van der Waals surface area (Å²) in [7, 11) is 0. The van der Waals surface area contributed by atoms with E-state index in [9.17, 15) is 5.11 Å². The summed E-state index contributed by atoms with van der Waals surface area (Å²) in [5.74, 6) is 0. The van der Waals surface area contributed by atoms with Gasteiger partial charge >= 0.3 is 0 Å². The molecule has 0 unspecified atom stereocenters. The molecule has 0 amide bonds. The van der Waals surface area contributed by atoms with E-state index in [4.69, 9.17) is 0 Å². The highest BCUT2D eigenvalue weighted by molar-refractivity contribution is 9.10. The topological polar surface area (TPSA) is 20.2 Å². The maximum Gasteiger partial charge on any atom is 0.0838 e. The van der Waals surface area contributed by atoms with Crippen LogP contribution >= 0.6 is 15.9 Å². The maximum absolute atomic E-state index is 9.96. The number of halogens is 1. The zero-order chi connectivity index (χ0) is 10.1. The van der Waals surface area contributed by atoms with Gasteiger partial charge in [0.1, 0.15) is 0 Å². The Hall–Kier alpha value is -0.340. The minimum atomic E-state index is -0.412. The van der Waals surface area contributed by atoms with E-state index in [-0.39, 0.29) is 5.41 Å². The fourth-order valence-corrected chi connectivity index (χ4v) is 1.59. The normalized spacial score (nSPS) is 14.2. The van der Waals surface area contributed by atoms with Crippen molar-refractivity contribution in [2.45, 2.75) is 26.9 Å². The Morgan fingerprint density at radius 2 is 1.92 bits per heavy atom. The average Bonchev–Trinajstić information content (AvgIpc) is 2.01. The van der Waals surface area contributed by atoms with Crippen molar-refractivity contribution >= 4 is 15.9 Å². The first-order valence-electron chi connectivity index (χ1n) is 4.35. The second-order valence-corrected chi connectivity index (χ2v) is 5.24. The molecule has 0 saturated carbocycles. The van der Waals surface area contributed by atoms with Crippen LogP contribution in [0.3, 0.4) is 0 Å². The van der Waals surface area contributed by atoms with E-state index < -0.39 is 6.10 Å². The van der Waals surface area contributed by atoms with Crippen LogP contribution in [0, 0.1) is 5.41 Å². The summed E-state index contributed by atoms with van der Waals surface area (Å²) >= 11 is 3.39. The van der Waals surface area contributed by atoms with Gasteiger partial charge in [0.2, 0.25) is 0 Å². The van der Waals surface area contributed by atoms with E-state index in [1.54, 1.807) is 0 Å². The van der Waals surface area contributed by atoms with Crippen molar-refractivity contribution in [1.82, 2.24) is 0 Å². The van der Waals surface area contributed by atoms with Crippen molar-refractivity contribution in [3.05, 3.63) is 34.3 Å². The van der Waals surface area contributed by atoms with Gasteiger partial charge in [-0.2, -0.15) is 0 Å². The Morgan fingerprint density at radius 3 is 2.38 bits per heavy atom. The lowest BCUT2D eigenvalue weighted by atomic mass is 9.85. The fourth-order valence-electron chi connectivity index (χ4n) is 1.18. The number of aliphatic hydroxyl groups is 1. The van der Waals surface area contributed by atoms with Crippen LogP contribution in [0.2, 0.25) is 0 Å². The molecule has 1 rings (SSSR count). The number of aliphatic hydroxyl groups excluding tert-OH is 1. The Bertz CT molecular complexity index is 288. The summed E-state index contributed by atoms with van der Waals surface area (Å²) in [6.07, 6.45) is -0.412. The zero-order valence-corrected chi connectivity index (χ0v) is 9.80. The summed E-state index contributed by atoms with van der Waals surface area (Å²) in [6.45, 7) is 6.08. The van der Waals surface area contributed by atoms with E-state index in [2.05, 4.69) is 15.9 Å². The summed E-state index contributed by atoms with van der Waals surface area (Å²) in [4.78, 5) is 0. The van der Waals surface area contributed by atoms with Gasteiger partial charge in [-0.15, -0.1) is 0 Å². The zero-order valence-electron chi connectivity index (χ0n) is 8.21. The lowest BCUT2D eigenvalue weighted by Gasteiger charge is -2.26. The third kappa shape index (κ3) is 2.82. The molecule has 1 atom stereocenters. The van der Waals surface area contributed by atoms with Crippen LogP contribution in [0.25, 0.3) is 0 Å². The largest absolute Gasteiger partial charge is 0.388 e. The minimum Gasteiger partial charge on any atom is -0.388 e. The number of hydrogen-bond acceptors (Lipinski definition) is 1. The van der Waals surface area contributed by atoms with Gasteiger partial charge in [0.15, 0.2) is 0 Å². The van der Waals surface area contributed by atoms with Crippen molar-refractivity contribution in [3.8, 4) is 0 Å². The Kier molecular flexibility index (Phi) is 3.14. The molecule has 0 aliphatic heterocycles. The molecule has 0 aliphatic rings. The van der Waals surface area contributed by atoms with Crippen LogP contribution < -0.4 is 0 Å². The molecule has 1 aromatic rings. The standard InChI is InChI=1S/C11H15BrO/c1-11(2,3)10(13)8-5-4-6-9(12)7-8/h4-7,10,13H,1-3H3/t10-/m0/s1. The van der Waals surface area contributed by atoms with E-state index in [0.29, 0.717) is 0 Å². The molecule has 0 radical (unpaired) electrons. The van der Waals surface area contributed by atoms with E-state index in [1.807, 2.05) is 45.0 Å². The average molecular weight is 243 g/mol. The van der Waals surface area contributed by atoms with Crippen molar-refractivity contribution < 1.29 is 5.11 Å². The Balaban J connectivity index is 2.96. The number of rotatable bonds is 1. The van der Waals surface area contributed by atoms with Crippen molar-refractivity contribution in [2.75, 3.05) is 0 Å². The molecule has 0 aromatic heterocycles. The maximum atomic E-state index is 9.96. The molecular formula is C11H15BrO. The molecule has 1 aromatic carbocycles. The first-order chi connectivity index (χ1) is 5.91. The smallest absolute Gasteiger partial charge is 0.0838 e. The molecule has 1 N–H and O–H groups in total. The van der Waals surface area contributed by atoms with Crippen LogP contribution in [0.1, 0.15) is 32.4 Å². The summed E-state index contributed by atoms with van der Waals surface area (Å²) < 4.78 is 1.01. The van der Waals surface area contributed by atoms with Crippen molar-refractivity contribution in [2.24, 2.45) is 5.41 Å². The van der Waals surface area contributed by atoms with Gasteiger partial charge in [0, 0.05) is 4.47 Å². The lowest BCUT2D eigenvalue weighted by molar-refractivity contribution is 0.0626. The van der Waals surface area contributed by atoms with Crippen LogP contribution in [-0.2, 0) is 0 Å². The van der Waals surface area contributed by atoms with Crippen LogP contribution in [0.15, 0.2) is 28.7 Å². The number of hydrogen-bond donors (Lipinski definition) is 1. The highest BCUT2D eigenvalue weighted by Crippen LogP contribution is 2.33. The summed E-state index contributed by atoms with van der Waals surface area (Å²) in [5.41, 5.74) is 0.850. The van der Waals surface area contributed by atoms with Gasteiger partial charge < -0.3 is 5.11 Å². The first-order valence-corrected chi connectivity index (χ1v) is 5.14. The Morgan fingerprint density at radius 1 is 1.31 bits per heavy atom. The monoisotopic (exact) mass is 242 g/mol. The molecule has 2 heteroatoms. The van der Waals surface area contributed by atoms with E-state index in [0.717, 1.165) is 10.0 Å². The quantitative estimate of drug-likeness (QED) is 0.799. The molecule has 0 heterocycles.